The Morgan fingerprint density at radius 1 is 1.03 bits per heavy atom. The molecule has 9 heteroatoms. The normalized spacial score (nSPS) is 14.5. The highest BCUT2D eigenvalue weighted by atomic mass is 35.5. The van der Waals surface area contributed by atoms with Gasteiger partial charge in [0.15, 0.2) is 0 Å². The standard InChI is InChI=1S/C26H26ClN3O4S.C2H6/c1-16-12-13-29(33)14-17(16)15-30-24(31)22-20(27)10-11-21(23(22)25(30)32)28-35(5,34)19-8-6-18(7-9-19)26(2,3)4;1-2/h6-14H,5,15H2,1-4H3,(H-,28,32,33,34);1-2H3/p+1. The molecule has 1 aliphatic heterocycles. The van der Waals surface area contributed by atoms with E-state index in [0.717, 1.165) is 20.8 Å². The Kier molecular flexibility index (Phi) is 8.05. The maximum absolute atomic E-state index is 13.6. The number of nitrogens with zero attached hydrogens (tertiary/aromatic N) is 2. The van der Waals surface area contributed by atoms with Crippen LogP contribution < -0.4 is 9.45 Å². The van der Waals surface area contributed by atoms with Crippen LogP contribution in [-0.2, 0) is 21.7 Å². The van der Waals surface area contributed by atoms with Crippen LogP contribution in [0.1, 0.15) is 72.0 Å². The smallest absolute Gasteiger partial charge is 0.264 e. The maximum Gasteiger partial charge on any atom is 0.264 e. The van der Waals surface area contributed by atoms with Gasteiger partial charge in [0.05, 0.1) is 38.1 Å². The Hall–Kier alpha value is -3.36. The average molecular weight is 543 g/mol. The minimum atomic E-state index is -3.05. The molecule has 1 unspecified atom stereocenters. The molecule has 1 aliphatic rings. The van der Waals surface area contributed by atoms with Crippen molar-refractivity contribution < 1.29 is 23.7 Å². The van der Waals surface area contributed by atoms with Crippen LogP contribution in [0, 0.1) is 6.92 Å². The summed E-state index contributed by atoms with van der Waals surface area (Å²) < 4.78 is 17.3. The van der Waals surface area contributed by atoms with E-state index < -0.39 is 21.5 Å². The molecular formula is C28H33ClN3O4S+. The number of nitrogens with one attached hydrogen (secondary N) is 1. The maximum atomic E-state index is 13.6. The Morgan fingerprint density at radius 2 is 1.62 bits per heavy atom. The molecule has 4 rings (SSSR count). The van der Waals surface area contributed by atoms with Gasteiger partial charge < -0.3 is 4.72 Å². The number of benzene rings is 2. The first-order valence-corrected chi connectivity index (χ1v) is 14.0. The van der Waals surface area contributed by atoms with Crippen molar-refractivity contribution in [2.45, 2.75) is 58.4 Å². The summed E-state index contributed by atoms with van der Waals surface area (Å²) >= 11 is 6.32. The minimum Gasteiger partial charge on any atom is -0.308 e. The number of hydrogen-bond acceptors (Lipinski definition) is 4. The Morgan fingerprint density at radius 3 is 2.22 bits per heavy atom. The van der Waals surface area contributed by atoms with Crippen molar-refractivity contribution in [3.63, 3.8) is 0 Å². The number of carbonyl (C=O) groups is 2. The lowest BCUT2D eigenvalue weighted by Gasteiger charge is -2.20. The van der Waals surface area contributed by atoms with Gasteiger partial charge in [-0.05, 0) is 53.6 Å². The Labute approximate surface area is 223 Å². The van der Waals surface area contributed by atoms with Crippen molar-refractivity contribution in [2.24, 2.45) is 0 Å². The van der Waals surface area contributed by atoms with Crippen LogP contribution >= 0.6 is 11.6 Å². The fourth-order valence-corrected chi connectivity index (χ4v) is 5.40. The SMILES string of the molecule is C=S(=O)(Nc1ccc(Cl)c2c1C(=O)N(Cc1c[n+](O)ccc1C)C2=O)c1ccc(C(C)(C)C)cc1.CC. The number of pyridine rings is 1. The number of hydrogen-bond donors (Lipinski definition) is 2. The van der Waals surface area contributed by atoms with Crippen LogP contribution in [0.4, 0.5) is 5.69 Å². The lowest BCUT2D eigenvalue weighted by molar-refractivity contribution is -0.905. The molecule has 196 valence electrons. The Balaban J connectivity index is 0.00000186. The lowest BCUT2D eigenvalue weighted by Crippen LogP contribution is -2.33. The van der Waals surface area contributed by atoms with Crippen molar-refractivity contribution in [3.05, 3.63) is 87.7 Å². The zero-order valence-electron chi connectivity index (χ0n) is 22.0. The van der Waals surface area contributed by atoms with Crippen LogP contribution in [0.25, 0.3) is 0 Å². The number of carbonyl (C=O) groups excluding carboxylic acids is 2. The molecule has 0 saturated heterocycles. The van der Waals surface area contributed by atoms with Gasteiger partial charge in [-0.1, -0.05) is 58.4 Å². The highest BCUT2D eigenvalue weighted by molar-refractivity contribution is 8.01. The van der Waals surface area contributed by atoms with E-state index >= 15 is 0 Å². The first kappa shape index (κ1) is 28.2. The second kappa shape index (κ2) is 10.6. The third kappa shape index (κ3) is 5.65. The molecular weight excluding hydrogens is 510 g/mol. The van der Waals surface area contributed by atoms with E-state index in [1.165, 1.54) is 24.5 Å². The van der Waals surface area contributed by atoms with Gasteiger partial charge in [0, 0.05) is 21.3 Å². The zero-order valence-corrected chi connectivity index (χ0v) is 23.5. The van der Waals surface area contributed by atoms with E-state index in [4.69, 9.17) is 11.6 Å². The van der Waals surface area contributed by atoms with E-state index in [1.807, 2.05) is 32.9 Å². The third-order valence-electron chi connectivity index (χ3n) is 6.05. The minimum absolute atomic E-state index is 0.0467. The quantitative estimate of drug-likeness (QED) is 0.195. The van der Waals surface area contributed by atoms with E-state index in [2.05, 4.69) is 31.4 Å². The van der Waals surface area contributed by atoms with Crippen LogP contribution in [0.5, 0.6) is 0 Å². The van der Waals surface area contributed by atoms with Crippen molar-refractivity contribution in [1.82, 2.24) is 4.90 Å². The molecule has 2 amide bonds. The summed E-state index contributed by atoms with van der Waals surface area (Å²) in [5, 5.41) is 9.88. The Bertz CT molecular complexity index is 1460. The monoisotopic (exact) mass is 542 g/mol. The van der Waals surface area contributed by atoms with Crippen molar-refractivity contribution >= 4 is 44.7 Å². The van der Waals surface area contributed by atoms with Crippen LogP contribution in [0.2, 0.25) is 5.02 Å². The van der Waals surface area contributed by atoms with Gasteiger partial charge in [0.1, 0.15) is 0 Å². The zero-order chi connectivity index (χ0) is 27.7. The number of rotatable bonds is 5. The molecule has 2 heterocycles. The van der Waals surface area contributed by atoms with E-state index in [-0.39, 0.29) is 33.8 Å². The number of anilines is 1. The van der Waals surface area contributed by atoms with E-state index in [1.54, 1.807) is 18.2 Å². The number of aryl methyl sites for hydroxylation is 1. The molecule has 3 aromatic rings. The summed E-state index contributed by atoms with van der Waals surface area (Å²) in [7, 11) is -3.05. The van der Waals surface area contributed by atoms with Gasteiger partial charge in [-0.15, -0.1) is 0 Å². The molecule has 0 bridgehead atoms. The number of amides is 2. The molecule has 2 N–H and O–H groups in total. The predicted octanol–water partition coefficient (Wildman–Crippen LogP) is 5.40. The number of halogens is 1. The van der Waals surface area contributed by atoms with Gasteiger partial charge in [0.2, 0.25) is 12.4 Å². The molecule has 1 aromatic heterocycles. The fraction of sp³-hybridized carbons (Fsp3) is 0.286. The molecule has 0 spiro atoms. The second-order valence-electron chi connectivity index (χ2n) is 9.63. The van der Waals surface area contributed by atoms with Crippen LogP contribution in [0.15, 0.2) is 59.8 Å². The summed E-state index contributed by atoms with van der Waals surface area (Å²) in [5.41, 5.74) is 2.73. The summed E-state index contributed by atoms with van der Waals surface area (Å²) in [6, 6.07) is 12.0. The summed E-state index contributed by atoms with van der Waals surface area (Å²) in [4.78, 5) is 28.1. The number of fused-ring (bicyclic) bond motifs is 1. The molecule has 1 atom stereocenters. The van der Waals surface area contributed by atoms with Gasteiger partial charge >= 0.3 is 0 Å². The van der Waals surface area contributed by atoms with Gasteiger partial charge in [-0.2, -0.15) is 0 Å². The molecule has 37 heavy (non-hydrogen) atoms. The van der Waals surface area contributed by atoms with Crippen molar-refractivity contribution in [1.29, 1.82) is 0 Å². The van der Waals surface area contributed by atoms with Gasteiger partial charge in [-0.3, -0.25) is 19.7 Å². The second-order valence-corrected chi connectivity index (χ2v) is 12.1. The van der Waals surface area contributed by atoms with Crippen LogP contribution in [-0.4, -0.2) is 32.0 Å². The molecule has 0 aliphatic carbocycles. The van der Waals surface area contributed by atoms with Gasteiger partial charge in [0.25, 0.3) is 11.8 Å². The highest BCUT2D eigenvalue weighted by Gasteiger charge is 2.40. The molecule has 7 nitrogen and oxygen atoms in total. The molecule has 0 fully saturated rings. The van der Waals surface area contributed by atoms with E-state index in [0.29, 0.717) is 10.5 Å². The lowest BCUT2D eigenvalue weighted by atomic mass is 9.87. The summed E-state index contributed by atoms with van der Waals surface area (Å²) in [6.45, 7) is 12.0. The number of aromatic nitrogens is 1. The average Bonchev–Trinajstić information content (AvgIpc) is 3.10. The molecule has 0 radical (unpaired) electrons. The third-order valence-corrected chi connectivity index (χ3v) is 7.95. The fourth-order valence-electron chi connectivity index (χ4n) is 3.95. The van der Waals surface area contributed by atoms with Crippen LogP contribution in [0.3, 0.4) is 0 Å². The largest absolute Gasteiger partial charge is 0.308 e. The highest BCUT2D eigenvalue weighted by Crippen LogP contribution is 2.36. The first-order valence-electron chi connectivity index (χ1n) is 11.9. The first-order chi connectivity index (χ1) is 17.3. The number of imide groups is 1. The molecule has 0 saturated carbocycles. The molecule has 2 aromatic carbocycles. The van der Waals surface area contributed by atoms with E-state index in [9.17, 15) is 19.0 Å². The predicted molar refractivity (Wildman–Crippen MR) is 148 cm³/mol. The topological polar surface area (TPSA) is 90.6 Å². The van der Waals surface area contributed by atoms with Crippen molar-refractivity contribution in [3.8, 4) is 0 Å². The summed E-state index contributed by atoms with van der Waals surface area (Å²) in [6.07, 6.45) is 2.89. The summed E-state index contributed by atoms with van der Waals surface area (Å²) in [5.74, 6) is 2.74. The van der Waals surface area contributed by atoms with Gasteiger partial charge in [-0.25, -0.2) is 4.21 Å². The van der Waals surface area contributed by atoms with Crippen molar-refractivity contribution in [2.75, 3.05) is 4.72 Å².